The van der Waals surface area contributed by atoms with Crippen LogP contribution >= 0.6 is 0 Å². The lowest BCUT2D eigenvalue weighted by Crippen LogP contribution is -2.29. The minimum Gasteiger partial charge on any atom is -0.449 e. The summed E-state index contributed by atoms with van der Waals surface area (Å²) in [5, 5.41) is 3.33. The highest BCUT2D eigenvalue weighted by Gasteiger charge is 2.31. The maximum absolute atomic E-state index is 5.71. The van der Waals surface area contributed by atoms with Gasteiger partial charge in [-0.1, -0.05) is 0 Å². The molecule has 1 aliphatic rings. The van der Waals surface area contributed by atoms with Crippen LogP contribution in [0.1, 0.15) is 25.2 Å². The highest BCUT2D eigenvalue weighted by Crippen LogP contribution is 2.40. The van der Waals surface area contributed by atoms with Crippen LogP contribution in [0, 0.1) is 6.92 Å². The van der Waals surface area contributed by atoms with Crippen molar-refractivity contribution in [1.29, 1.82) is 0 Å². The normalized spacial score (nSPS) is 15.5. The standard InChI is InChI=1S/C14H17N3O2/c1-9-11(17-8-16-9)7-15-10-4-5-12-13(6-10)19-14(2,3)18-12/h4-6,8,15H,7H2,1-3H3,(H,16,17). The van der Waals surface area contributed by atoms with Crippen molar-refractivity contribution < 1.29 is 9.47 Å². The molecule has 100 valence electrons. The van der Waals surface area contributed by atoms with Gasteiger partial charge >= 0.3 is 0 Å². The number of aryl methyl sites for hydroxylation is 1. The second kappa shape index (κ2) is 4.19. The number of aromatic amines is 1. The molecule has 0 amide bonds. The summed E-state index contributed by atoms with van der Waals surface area (Å²) >= 11 is 0. The summed E-state index contributed by atoms with van der Waals surface area (Å²) in [6.07, 6.45) is 1.70. The fourth-order valence-corrected chi connectivity index (χ4v) is 2.08. The molecule has 0 atom stereocenters. The lowest BCUT2D eigenvalue weighted by atomic mass is 10.2. The summed E-state index contributed by atoms with van der Waals surface area (Å²) < 4.78 is 11.4. The molecule has 0 spiro atoms. The zero-order valence-electron chi connectivity index (χ0n) is 11.3. The Balaban J connectivity index is 1.72. The topological polar surface area (TPSA) is 59.2 Å². The molecule has 0 bridgehead atoms. The van der Waals surface area contributed by atoms with E-state index in [4.69, 9.17) is 9.47 Å². The molecule has 0 aliphatic carbocycles. The zero-order valence-corrected chi connectivity index (χ0v) is 11.3. The van der Waals surface area contributed by atoms with Crippen LogP contribution in [0.15, 0.2) is 24.5 Å². The van der Waals surface area contributed by atoms with E-state index in [1.807, 2.05) is 39.0 Å². The number of hydrogen-bond acceptors (Lipinski definition) is 4. The van der Waals surface area contributed by atoms with E-state index in [1.54, 1.807) is 6.33 Å². The van der Waals surface area contributed by atoms with Crippen molar-refractivity contribution in [2.24, 2.45) is 0 Å². The molecule has 1 aliphatic heterocycles. The lowest BCUT2D eigenvalue weighted by molar-refractivity contribution is -0.0431. The second-order valence-electron chi connectivity index (χ2n) is 5.09. The minimum absolute atomic E-state index is 0.584. The molecule has 0 fully saturated rings. The highest BCUT2D eigenvalue weighted by molar-refractivity contribution is 5.56. The second-order valence-corrected chi connectivity index (χ2v) is 5.09. The molecule has 5 nitrogen and oxygen atoms in total. The average Bonchev–Trinajstić information content (AvgIpc) is 2.87. The Labute approximate surface area is 112 Å². The van der Waals surface area contributed by atoms with Crippen LogP contribution in [0.25, 0.3) is 0 Å². The van der Waals surface area contributed by atoms with E-state index >= 15 is 0 Å². The number of H-pyrrole nitrogens is 1. The van der Waals surface area contributed by atoms with E-state index in [-0.39, 0.29) is 0 Å². The molecule has 2 N–H and O–H groups in total. The molecule has 19 heavy (non-hydrogen) atoms. The number of benzene rings is 1. The van der Waals surface area contributed by atoms with Gasteiger partial charge in [0.1, 0.15) is 0 Å². The molecule has 0 radical (unpaired) electrons. The van der Waals surface area contributed by atoms with E-state index in [1.165, 1.54) is 0 Å². The van der Waals surface area contributed by atoms with E-state index in [2.05, 4.69) is 15.3 Å². The fourth-order valence-electron chi connectivity index (χ4n) is 2.08. The molecule has 3 rings (SSSR count). The molecule has 0 unspecified atom stereocenters. The van der Waals surface area contributed by atoms with Crippen LogP contribution in [0.5, 0.6) is 11.5 Å². The number of rotatable bonds is 3. The minimum atomic E-state index is -0.584. The Morgan fingerprint density at radius 3 is 2.79 bits per heavy atom. The van der Waals surface area contributed by atoms with Gasteiger partial charge < -0.3 is 19.8 Å². The van der Waals surface area contributed by atoms with Gasteiger partial charge in [0.15, 0.2) is 11.5 Å². The number of ether oxygens (including phenoxy) is 2. The monoisotopic (exact) mass is 259 g/mol. The first-order valence-corrected chi connectivity index (χ1v) is 6.28. The molecule has 2 heterocycles. The molecular weight excluding hydrogens is 242 g/mol. The molecule has 1 aromatic carbocycles. The van der Waals surface area contributed by atoms with Crippen molar-refractivity contribution in [2.75, 3.05) is 5.32 Å². The summed E-state index contributed by atoms with van der Waals surface area (Å²) in [6, 6.07) is 5.85. The molecule has 0 saturated heterocycles. The average molecular weight is 259 g/mol. The van der Waals surface area contributed by atoms with Gasteiger partial charge in [0.25, 0.3) is 0 Å². The quantitative estimate of drug-likeness (QED) is 0.889. The molecule has 5 heteroatoms. The first-order valence-electron chi connectivity index (χ1n) is 6.28. The predicted octanol–water partition coefficient (Wildman–Crippen LogP) is 2.84. The van der Waals surface area contributed by atoms with Crippen LogP contribution in [0.3, 0.4) is 0 Å². The van der Waals surface area contributed by atoms with Crippen LogP contribution < -0.4 is 14.8 Å². The number of anilines is 1. The van der Waals surface area contributed by atoms with Gasteiger partial charge in [-0.05, 0) is 19.1 Å². The van der Waals surface area contributed by atoms with Crippen LogP contribution in [-0.4, -0.2) is 15.8 Å². The Morgan fingerprint density at radius 2 is 2.05 bits per heavy atom. The molecule has 2 aromatic rings. The van der Waals surface area contributed by atoms with Crippen LogP contribution in [-0.2, 0) is 6.54 Å². The SMILES string of the molecule is Cc1[nH]cnc1CNc1ccc2c(c1)OC(C)(C)O2. The van der Waals surface area contributed by atoms with Gasteiger partial charge in [-0.15, -0.1) is 0 Å². The number of fused-ring (bicyclic) bond motifs is 1. The Kier molecular flexibility index (Phi) is 2.62. The van der Waals surface area contributed by atoms with E-state index in [0.29, 0.717) is 6.54 Å². The third kappa shape index (κ3) is 2.36. The maximum Gasteiger partial charge on any atom is 0.246 e. The number of hydrogen-bond donors (Lipinski definition) is 2. The molecule has 0 saturated carbocycles. The molecule has 1 aromatic heterocycles. The summed E-state index contributed by atoms with van der Waals surface area (Å²) in [5.41, 5.74) is 3.08. The molecular formula is C14H17N3O2. The van der Waals surface area contributed by atoms with Gasteiger partial charge in [-0.3, -0.25) is 0 Å². The maximum atomic E-state index is 5.71. The summed E-state index contributed by atoms with van der Waals surface area (Å²) in [4.78, 5) is 7.31. The summed E-state index contributed by atoms with van der Waals surface area (Å²) in [6.45, 7) is 6.48. The van der Waals surface area contributed by atoms with E-state index < -0.39 is 5.79 Å². The first kappa shape index (κ1) is 11.9. The third-order valence-electron chi connectivity index (χ3n) is 3.05. The van der Waals surface area contributed by atoms with Crippen molar-refractivity contribution in [3.05, 3.63) is 35.9 Å². The number of imidazole rings is 1. The van der Waals surface area contributed by atoms with Crippen molar-refractivity contribution in [3.8, 4) is 11.5 Å². The van der Waals surface area contributed by atoms with Gasteiger partial charge in [0, 0.05) is 31.3 Å². The summed E-state index contributed by atoms with van der Waals surface area (Å²) in [7, 11) is 0. The Hall–Kier alpha value is -2.17. The smallest absolute Gasteiger partial charge is 0.246 e. The van der Waals surface area contributed by atoms with Crippen molar-refractivity contribution in [1.82, 2.24) is 9.97 Å². The summed E-state index contributed by atoms with van der Waals surface area (Å²) in [5.74, 6) is 0.972. The Bertz CT molecular complexity index is 604. The largest absolute Gasteiger partial charge is 0.449 e. The predicted molar refractivity (Wildman–Crippen MR) is 72.4 cm³/mol. The number of nitrogens with one attached hydrogen (secondary N) is 2. The number of aromatic nitrogens is 2. The van der Waals surface area contributed by atoms with Crippen LogP contribution in [0.4, 0.5) is 5.69 Å². The van der Waals surface area contributed by atoms with Crippen molar-refractivity contribution in [3.63, 3.8) is 0 Å². The van der Waals surface area contributed by atoms with Gasteiger partial charge in [-0.25, -0.2) is 4.98 Å². The first-order chi connectivity index (χ1) is 9.03. The van der Waals surface area contributed by atoms with E-state index in [9.17, 15) is 0 Å². The third-order valence-corrected chi connectivity index (χ3v) is 3.05. The lowest BCUT2D eigenvalue weighted by Gasteiger charge is -2.16. The van der Waals surface area contributed by atoms with Crippen LogP contribution in [0.2, 0.25) is 0 Å². The zero-order chi connectivity index (χ0) is 13.5. The van der Waals surface area contributed by atoms with Gasteiger partial charge in [-0.2, -0.15) is 0 Å². The fraction of sp³-hybridized carbons (Fsp3) is 0.357. The Morgan fingerprint density at radius 1 is 1.26 bits per heavy atom. The van der Waals surface area contributed by atoms with Gasteiger partial charge in [0.05, 0.1) is 18.6 Å². The number of nitrogens with zero attached hydrogens (tertiary/aromatic N) is 1. The van der Waals surface area contributed by atoms with E-state index in [0.717, 1.165) is 28.6 Å². The van der Waals surface area contributed by atoms with Crippen molar-refractivity contribution >= 4 is 5.69 Å². The van der Waals surface area contributed by atoms with Gasteiger partial charge in [0.2, 0.25) is 5.79 Å². The van der Waals surface area contributed by atoms with Crippen molar-refractivity contribution in [2.45, 2.75) is 33.1 Å². The highest BCUT2D eigenvalue weighted by atomic mass is 16.7.